The monoisotopic (exact) mass is 280 g/mol. The lowest BCUT2D eigenvalue weighted by atomic mass is 10.1. The molecule has 0 N–H and O–H groups in total. The van der Waals surface area contributed by atoms with Gasteiger partial charge in [-0.1, -0.05) is 12.1 Å². The molecule has 106 valence electrons. The first-order valence-corrected chi connectivity index (χ1v) is 6.91. The van der Waals surface area contributed by atoms with Crippen molar-refractivity contribution in [2.45, 2.75) is 6.42 Å². The van der Waals surface area contributed by atoms with Gasteiger partial charge in [-0.25, -0.2) is 0 Å². The van der Waals surface area contributed by atoms with Crippen molar-refractivity contribution >= 4 is 11.4 Å². The van der Waals surface area contributed by atoms with Crippen LogP contribution in [-0.2, 0) is 0 Å². The van der Waals surface area contributed by atoms with Gasteiger partial charge in [-0.2, -0.15) is 5.26 Å². The molecule has 0 saturated carbocycles. The molecule has 2 aromatic carbocycles. The second-order valence-electron chi connectivity index (χ2n) is 4.82. The molecule has 3 rings (SSSR count). The summed E-state index contributed by atoms with van der Waals surface area (Å²) in [7, 11) is 1.63. The zero-order valence-electron chi connectivity index (χ0n) is 11.9. The number of hydrogen-bond donors (Lipinski definition) is 0. The fourth-order valence-corrected chi connectivity index (χ4v) is 2.53. The molecule has 0 aliphatic carbocycles. The summed E-state index contributed by atoms with van der Waals surface area (Å²) in [6.07, 6.45) is 0.900. The predicted molar refractivity (Wildman–Crippen MR) is 81.3 cm³/mol. The largest absolute Gasteiger partial charge is 0.497 e. The highest BCUT2D eigenvalue weighted by Gasteiger charge is 2.20. The summed E-state index contributed by atoms with van der Waals surface area (Å²) in [5.41, 5.74) is 2.47. The standard InChI is InChI=1S/C17H16N2O2/c1-20-14-8-7-13(12-18)16(11-14)19-9-4-10-21-17-6-3-2-5-15(17)19/h2-3,5-8,11H,4,9-10H2,1H3. The number of methoxy groups -OCH3 is 1. The first-order chi connectivity index (χ1) is 10.3. The van der Waals surface area contributed by atoms with Crippen LogP contribution in [0.4, 0.5) is 11.4 Å². The van der Waals surface area contributed by atoms with Crippen LogP contribution in [0.3, 0.4) is 0 Å². The Morgan fingerprint density at radius 1 is 1.19 bits per heavy atom. The minimum absolute atomic E-state index is 0.632. The van der Waals surface area contributed by atoms with Gasteiger partial charge in [0.2, 0.25) is 0 Å². The molecular formula is C17H16N2O2. The molecule has 4 heteroatoms. The molecule has 0 saturated heterocycles. The van der Waals surface area contributed by atoms with Crippen LogP contribution in [0.5, 0.6) is 11.5 Å². The van der Waals surface area contributed by atoms with Crippen molar-refractivity contribution in [3.63, 3.8) is 0 Å². The maximum atomic E-state index is 9.38. The number of ether oxygens (including phenoxy) is 2. The first-order valence-electron chi connectivity index (χ1n) is 6.91. The smallest absolute Gasteiger partial charge is 0.142 e. The Labute approximate surface area is 124 Å². The zero-order chi connectivity index (χ0) is 14.7. The van der Waals surface area contributed by atoms with Gasteiger partial charge in [-0.3, -0.25) is 0 Å². The van der Waals surface area contributed by atoms with Gasteiger partial charge in [0.1, 0.15) is 17.6 Å². The number of anilines is 2. The topological polar surface area (TPSA) is 45.5 Å². The molecule has 1 heterocycles. The number of benzene rings is 2. The summed E-state index contributed by atoms with van der Waals surface area (Å²) < 4.78 is 11.1. The Morgan fingerprint density at radius 3 is 2.86 bits per heavy atom. The van der Waals surface area contributed by atoms with E-state index in [1.165, 1.54) is 0 Å². The molecule has 0 amide bonds. The van der Waals surface area contributed by atoms with Gasteiger partial charge in [0, 0.05) is 12.6 Å². The predicted octanol–water partition coefficient (Wildman–Crippen LogP) is 3.49. The SMILES string of the molecule is COc1ccc(C#N)c(N2CCCOc3ccccc32)c1. The molecule has 0 fully saturated rings. The van der Waals surface area contributed by atoms with E-state index in [2.05, 4.69) is 11.0 Å². The lowest BCUT2D eigenvalue weighted by molar-refractivity contribution is 0.322. The minimum atomic E-state index is 0.632. The summed E-state index contributed by atoms with van der Waals surface area (Å²) in [6.45, 7) is 1.48. The Hall–Kier alpha value is -2.67. The molecule has 0 bridgehead atoms. The van der Waals surface area contributed by atoms with Gasteiger partial charge in [0.15, 0.2) is 0 Å². The van der Waals surface area contributed by atoms with Crippen LogP contribution in [0.25, 0.3) is 0 Å². The molecule has 0 atom stereocenters. The Bertz CT molecular complexity index is 691. The second kappa shape index (κ2) is 5.76. The average Bonchev–Trinajstić information content (AvgIpc) is 2.76. The fraction of sp³-hybridized carbons (Fsp3) is 0.235. The van der Waals surface area contributed by atoms with E-state index in [0.29, 0.717) is 12.2 Å². The molecular weight excluding hydrogens is 264 g/mol. The van der Waals surface area contributed by atoms with Crippen molar-refractivity contribution in [3.8, 4) is 17.6 Å². The van der Waals surface area contributed by atoms with E-state index < -0.39 is 0 Å². The van der Waals surface area contributed by atoms with E-state index in [1.807, 2.05) is 36.4 Å². The summed E-state index contributed by atoms with van der Waals surface area (Å²) in [6, 6.07) is 15.7. The van der Waals surface area contributed by atoms with E-state index in [4.69, 9.17) is 9.47 Å². The van der Waals surface area contributed by atoms with Crippen molar-refractivity contribution in [2.24, 2.45) is 0 Å². The Morgan fingerprint density at radius 2 is 2.05 bits per heavy atom. The molecule has 0 unspecified atom stereocenters. The van der Waals surface area contributed by atoms with Crippen molar-refractivity contribution in [3.05, 3.63) is 48.0 Å². The fourth-order valence-electron chi connectivity index (χ4n) is 2.53. The third-order valence-electron chi connectivity index (χ3n) is 3.56. The summed E-state index contributed by atoms with van der Waals surface area (Å²) in [5.74, 6) is 1.59. The van der Waals surface area contributed by atoms with Gasteiger partial charge in [-0.05, 0) is 30.7 Å². The molecule has 21 heavy (non-hydrogen) atoms. The van der Waals surface area contributed by atoms with Crippen molar-refractivity contribution < 1.29 is 9.47 Å². The Kier molecular flexibility index (Phi) is 3.65. The average molecular weight is 280 g/mol. The highest BCUT2D eigenvalue weighted by molar-refractivity contribution is 5.74. The number of hydrogen-bond acceptors (Lipinski definition) is 4. The molecule has 1 aliphatic heterocycles. The van der Waals surface area contributed by atoms with Crippen LogP contribution in [0.15, 0.2) is 42.5 Å². The minimum Gasteiger partial charge on any atom is -0.497 e. The van der Waals surface area contributed by atoms with Crippen LogP contribution in [0, 0.1) is 11.3 Å². The summed E-state index contributed by atoms with van der Waals surface area (Å²) >= 11 is 0. The van der Waals surface area contributed by atoms with Crippen LogP contribution in [0.1, 0.15) is 12.0 Å². The molecule has 2 aromatic rings. The maximum absolute atomic E-state index is 9.38. The van der Waals surface area contributed by atoms with E-state index >= 15 is 0 Å². The maximum Gasteiger partial charge on any atom is 0.142 e. The van der Waals surface area contributed by atoms with Crippen LogP contribution >= 0.6 is 0 Å². The number of rotatable bonds is 2. The zero-order valence-corrected chi connectivity index (χ0v) is 11.9. The lowest BCUT2D eigenvalue weighted by Crippen LogP contribution is -2.18. The number of nitriles is 1. The van der Waals surface area contributed by atoms with E-state index in [9.17, 15) is 5.26 Å². The van der Waals surface area contributed by atoms with Crippen molar-refractivity contribution in [2.75, 3.05) is 25.2 Å². The summed E-state index contributed by atoms with van der Waals surface area (Å²) in [5, 5.41) is 9.38. The second-order valence-corrected chi connectivity index (χ2v) is 4.82. The Balaban J connectivity index is 2.14. The summed E-state index contributed by atoms with van der Waals surface area (Å²) in [4.78, 5) is 2.13. The van der Waals surface area contributed by atoms with Gasteiger partial charge in [0.05, 0.1) is 30.7 Å². The molecule has 0 aromatic heterocycles. The van der Waals surface area contributed by atoms with E-state index in [-0.39, 0.29) is 0 Å². The third kappa shape index (κ3) is 2.50. The highest BCUT2D eigenvalue weighted by Crippen LogP contribution is 2.38. The number of para-hydroxylation sites is 2. The van der Waals surface area contributed by atoms with Gasteiger partial charge < -0.3 is 14.4 Å². The normalized spacial score (nSPS) is 13.6. The third-order valence-corrected chi connectivity index (χ3v) is 3.56. The number of nitrogens with zero attached hydrogens (tertiary/aromatic N) is 2. The molecule has 0 spiro atoms. The van der Waals surface area contributed by atoms with Gasteiger partial charge >= 0.3 is 0 Å². The van der Waals surface area contributed by atoms with E-state index in [1.54, 1.807) is 13.2 Å². The highest BCUT2D eigenvalue weighted by atomic mass is 16.5. The van der Waals surface area contributed by atoms with Crippen LogP contribution < -0.4 is 14.4 Å². The molecule has 4 nitrogen and oxygen atoms in total. The number of fused-ring (bicyclic) bond motifs is 1. The molecule has 1 aliphatic rings. The van der Waals surface area contributed by atoms with Crippen LogP contribution in [0.2, 0.25) is 0 Å². The van der Waals surface area contributed by atoms with Crippen LogP contribution in [-0.4, -0.2) is 20.3 Å². The molecule has 0 radical (unpaired) electrons. The lowest BCUT2D eigenvalue weighted by Gasteiger charge is -2.25. The van der Waals surface area contributed by atoms with E-state index in [0.717, 1.165) is 35.8 Å². The first kappa shape index (κ1) is 13.3. The van der Waals surface area contributed by atoms with Gasteiger partial charge in [-0.15, -0.1) is 0 Å². The van der Waals surface area contributed by atoms with Crippen molar-refractivity contribution in [1.29, 1.82) is 5.26 Å². The quantitative estimate of drug-likeness (QED) is 0.844. The van der Waals surface area contributed by atoms with Crippen molar-refractivity contribution in [1.82, 2.24) is 0 Å². The van der Waals surface area contributed by atoms with Gasteiger partial charge in [0.25, 0.3) is 0 Å².